The van der Waals surface area contributed by atoms with E-state index in [9.17, 15) is 0 Å². The van der Waals surface area contributed by atoms with Gasteiger partial charge in [0.05, 0.1) is 0 Å². The minimum Gasteiger partial charge on any atom is -0.220 e. The largest absolute Gasteiger partial charge is 0.220 e. The van der Waals surface area contributed by atoms with Crippen LogP contribution in [-0.4, -0.2) is 26.0 Å². The first kappa shape index (κ1) is 11.2. The van der Waals surface area contributed by atoms with E-state index in [-0.39, 0.29) is 0 Å². The number of thioether (sulfide) groups is 1. The van der Waals surface area contributed by atoms with Gasteiger partial charge >= 0.3 is 0 Å². The smallest absolute Gasteiger partial charge is 0.209 e. The quantitative estimate of drug-likeness (QED) is 0.394. The van der Waals surface area contributed by atoms with Crippen molar-refractivity contribution >= 4 is 11.8 Å². The van der Waals surface area contributed by atoms with Crippen molar-refractivity contribution in [2.45, 2.75) is 37.9 Å². The molecular weight excluding hydrogens is 196 g/mol. The van der Waals surface area contributed by atoms with Crippen LogP contribution < -0.4 is 0 Å². The highest BCUT2D eigenvalue weighted by Crippen LogP contribution is 2.13. The van der Waals surface area contributed by atoms with Gasteiger partial charge in [0, 0.05) is 12.3 Å². The molecule has 1 heterocycles. The van der Waals surface area contributed by atoms with Crippen LogP contribution in [0.3, 0.4) is 0 Å². The van der Waals surface area contributed by atoms with E-state index in [1.54, 1.807) is 11.8 Å². The fourth-order valence-electron chi connectivity index (χ4n) is 1.09. The lowest BCUT2D eigenvalue weighted by Crippen LogP contribution is -2.02. The van der Waals surface area contributed by atoms with Gasteiger partial charge in [0.25, 0.3) is 0 Å². The third-order valence-corrected chi connectivity index (χ3v) is 2.76. The number of hydrogen-bond acceptors (Lipinski definition) is 4. The molecule has 0 radical (unpaired) electrons. The van der Waals surface area contributed by atoms with Gasteiger partial charge < -0.3 is 0 Å². The van der Waals surface area contributed by atoms with E-state index in [1.165, 1.54) is 12.8 Å². The second kappa shape index (κ2) is 6.59. The Kier molecular flexibility index (Phi) is 5.29. The van der Waals surface area contributed by atoms with Crippen LogP contribution in [-0.2, 0) is 6.54 Å². The minimum absolute atomic E-state index is 0.855. The molecule has 0 atom stereocenters. The summed E-state index contributed by atoms with van der Waals surface area (Å²) in [5, 5.41) is 12.4. The molecule has 0 saturated carbocycles. The lowest BCUT2D eigenvalue weighted by atomic mass is 10.2. The molecule has 0 bridgehead atoms. The zero-order chi connectivity index (χ0) is 10.2. The SMILES string of the molecule is C=CCSc1nnnn1CCCCC. The van der Waals surface area contributed by atoms with Crippen LogP contribution in [0.5, 0.6) is 0 Å². The Morgan fingerprint density at radius 3 is 3.07 bits per heavy atom. The topological polar surface area (TPSA) is 43.6 Å². The number of aryl methyl sites for hydroxylation is 1. The van der Waals surface area contributed by atoms with Gasteiger partial charge in [-0.05, 0) is 16.8 Å². The first-order valence-electron chi connectivity index (χ1n) is 4.88. The van der Waals surface area contributed by atoms with E-state index in [4.69, 9.17) is 0 Å². The van der Waals surface area contributed by atoms with Crippen LogP contribution in [0.1, 0.15) is 26.2 Å². The summed E-state index contributed by atoms with van der Waals surface area (Å²) in [4.78, 5) is 0. The van der Waals surface area contributed by atoms with Crippen molar-refractivity contribution in [3.05, 3.63) is 12.7 Å². The number of nitrogens with zero attached hydrogens (tertiary/aromatic N) is 4. The van der Waals surface area contributed by atoms with Crippen LogP contribution in [0.4, 0.5) is 0 Å². The molecule has 4 nitrogen and oxygen atoms in total. The predicted octanol–water partition coefficient (Wildman–Crippen LogP) is 2.14. The lowest BCUT2D eigenvalue weighted by Gasteiger charge is -2.01. The summed E-state index contributed by atoms with van der Waals surface area (Å²) in [6, 6.07) is 0. The average molecular weight is 212 g/mol. The molecule has 0 aromatic carbocycles. The first-order chi connectivity index (χ1) is 6.88. The van der Waals surface area contributed by atoms with Gasteiger partial charge in [-0.1, -0.05) is 37.6 Å². The maximum atomic E-state index is 3.95. The molecule has 0 aliphatic carbocycles. The highest BCUT2D eigenvalue weighted by Gasteiger charge is 2.04. The van der Waals surface area contributed by atoms with Gasteiger partial charge in [-0.25, -0.2) is 4.68 Å². The van der Waals surface area contributed by atoms with Crippen molar-refractivity contribution in [1.29, 1.82) is 0 Å². The monoisotopic (exact) mass is 212 g/mol. The predicted molar refractivity (Wildman–Crippen MR) is 58.3 cm³/mol. The van der Waals surface area contributed by atoms with Gasteiger partial charge in [-0.2, -0.15) is 0 Å². The molecule has 1 aromatic rings. The minimum atomic E-state index is 0.855. The van der Waals surface area contributed by atoms with Crippen molar-refractivity contribution in [1.82, 2.24) is 20.2 Å². The number of tetrazole rings is 1. The third kappa shape index (κ3) is 3.49. The molecule has 0 amide bonds. The molecule has 0 spiro atoms. The van der Waals surface area contributed by atoms with Crippen LogP contribution in [0.2, 0.25) is 0 Å². The molecule has 14 heavy (non-hydrogen) atoms. The van der Waals surface area contributed by atoms with Gasteiger partial charge in [-0.3, -0.25) is 0 Å². The lowest BCUT2D eigenvalue weighted by molar-refractivity contribution is 0.506. The standard InChI is InChI=1S/C9H16N4S/c1-3-5-6-7-13-9(10-11-12-13)14-8-4-2/h4H,2-3,5-8H2,1H3. The number of hydrogen-bond donors (Lipinski definition) is 0. The summed E-state index contributed by atoms with van der Waals surface area (Å²) in [7, 11) is 0. The summed E-state index contributed by atoms with van der Waals surface area (Å²) >= 11 is 1.62. The highest BCUT2D eigenvalue weighted by molar-refractivity contribution is 7.99. The zero-order valence-electron chi connectivity index (χ0n) is 8.52. The fraction of sp³-hybridized carbons (Fsp3) is 0.667. The Labute approximate surface area is 88.8 Å². The van der Waals surface area contributed by atoms with Crippen LogP contribution in [0.25, 0.3) is 0 Å². The van der Waals surface area contributed by atoms with Crippen molar-refractivity contribution < 1.29 is 0 Å². The number of rotatable bonds is 7. The van der Waals surface area contributed by atoms with E-state index in [2.05, 4.69) is 29.0 Å². The molecule has 0 aliphatic rings. The molecule has 0 fully saturated rings. The maximum absolute atomic E-state index is 3.95. The van der Waals surface area contributed by atoms with E-state index >= 15 is 0 Å². The van der Waals surface area contributed by atoms with Gasteiger partial charge in [0.1, 0.15) is 0 Å². The summed E-state index contributed by atoms with van der Waals surface area (Å²) in [6.07, 6.45) is 5.45. The normalized spacial score (nSPS) is 10.4. The number of unbranched alkanes of at least 4 members (excludes halogenated alkanes) is 2. The Morgan fingerprint density at radius 2 is 2.36 bits per heavy atom. The molecule has 0 N–H and O–H groups in total. The second-order valence-corrected chi connectivity index (χ2v) is 3.98. The van der Waals surface area contributed by atoms with Gasteiger partial charge in [0.2, 0.25) is 5.16 Å². The number of aromatic nitrogens is 4. The summed E-state index contributed by atoms with van der Waals surface area (Å²) < 4.78 is 1.86. The molecule has 1 aromatic heterocycles. The summed E-state index contributed by atoms with van der Waals surface area (Å²) in [5.41, 5.74) is 0. The summed E-state index contributed by atoms with van der Waals surface area (Å²) in [5.74, 6) is 0.855. The Morgan fingerprint density at radius 1 is 1.50 bits per heavy atom. The zero-order valence-corrected chi connectivity index (χ0v) is 9.33. The Bertz CT molecular complexity index is 272. The van der Waals surface area contributed by atoms with E-state index in [0.29, 0.717) is 0 Å². The highest BCUT2D eigenvalue weighted by atomic mass is 32.2. The van der Waals surface area contributed by atoms with E-state index < -0.39 is 0 Å². The Balaban J connectivity index is 2.40. The van der Waals surface area contributed by atoms with Crippen molar-refractivity contribution in [2.24, 2.45) is 0 Å². The van der Waals surface area contributed by atoms with Crippen molar-refractivity contribution in [3.8, 4) is 0 Å². The molecule has 0 saturated heterocycles. The molecule has 5 heteroatoms. The molecular formula is C9H16N4S. The van der Waals surface area contributed by atoms with Crippen LogP contribution in [0, 0.1) is 0 Å². The summed E-state index contributed by atoms with van der Waals surface area (Å²) in [6.45, 7) is 6.77. The maximum Gasteiger partial charge on any atom is 0.209 e. The molecule has 0 unspecified atom stereocenters. The van der Waals surface area contributed by atoms with Crippen LogP contribution >= 0.6 is 11.8 Å². The first-order valence-corrected chi connectivity index (χ1v) is 5.87. The molecule has 78 valence electrons. The van der Waals surface area contributed by atoms with E-state index in [1.807, 2.05) is 10.8 Å². The average Bonchev–Trinajstić information content (AvgIpc) is 2.63. The molecule has 1 rings (SSSR count). The van der Waals surface area contributed by atoms with Gasteiger partial charge in [0.15, 0.2) is 0 Å². The van der Waals surface area contributed by atoms with Crippen molar-refractivity contribution in [3.63, 3.8) is 0 Å². The van der Waals surface area contributed by atoms with Crippen LogP contribution in [0.15, 0.2) is 17.8 Å². The van der Waals surface area contributed by atoms with E-state index in [0.717, 1.165) is 23.9 Å². The van der Waals surface area contributed by atoms with Crippen molar-refractivity contribution in [2.75, 3.05) is 5.75 Å². The van der Waals surface area contributed by atoms with Gasteiger partial charge in [-0.15, -0.1) is 11.7 Å². The Hall–Kier alpha value is -0.840. The fourth-order valence-corrected chi connectivity index (χ4v) is 1.72. The second-order valence-electron chi connectivity index (χ2n) is 2.99. The third-order valence-electron chi connectivity index (χ3n) is 1.80. The molecule has 0 aliphatic heterocycles.